The number of hydrogen-bond acceptors (Lipinski definition) is 3. The highest BCUT2D eigenvalue weighted by Gasteiger charge is 2.31. The van der Waals surface area contributed by atoms with Crippen molar-refractivity contribution in [2.24, 2.45) is 5.73 Å². The Morgan fingerprint density at radius 1 is 1.20 bits per heavy atom. The number of nitrogens with one attached hydrogen (secondary N) is 1. The minimum absolute atomic E-state index is 0.0476. The van der Waals surface area contributed by atoms with Gasteiger partial charge in [0.15, 0.2) is 0 Å². The Morgan fingerprint density at radius 2 is 1.92 bits per heavy atom. The van der Waals surface area contributed by atoms with Gasteiger partial charge in [-0.3, -0.25) is 4.79 Å². The first-order chi connectivity index (χ1) is 11.8. The molecular formula is C18H19F3N2O2. The van der Waals surface area contributed by atoms with Gasteiger partial charge in [0.2, 0.25) is 5.91 Å². The predicted octanol–water partition coefficient (Wildman–Crippen LogP) is 3.74. The van der Waals surface area contributed by atoms with E-state index in [1.165, 1.54) is 13.2 Å². The fraction of sp³-hybridized carbons (Fsp3) is 0.278. The van der Waals surface area contributed by atoms with Crippen LogP contribution in [0, 0.1) is 0 Å². The van der Waals surface area contributed by atoms with Crippen LogP contribution in [0.15, 0.2) is 42.5 Å². The molecular weight excluding hydrogens is 333 g/mol. The van der Waals surface area contributed by atoms with Crippen molar-refractivity contribution in [1.29, 1.82) is 0 Å². The van der Waals surface area contributed by atoms with E-state index in [2.05, 4.69) is 5.32 Å². The number of halogens is 3. The highest BCUT2D eigenvalue weighted by atomic mass is 19.4. The maximum Gasteiger partial charge on any atom is 0.416 e. The molecule has 0 saturated heterocycles. The van der Waals surface area contributed by atoms with Gasteiger partial charge in [-0.1, -0.05) is 18.2 Å². The summed E-state index contributed by atoms with van der Waals surface area (Å²) in [5, 5.41) is 2.50. The average molecular weight is 352 g/mol. The summed E-state index contributed by atoms with van der Waals surface area (Å²) in [7, 11) is 1.54. The van der Waals surface area contributed by atoms with Crippen LogP contribution in [0.1, 0.15) is 23.1 Å². The number of rotatable bonds is 6. The number of benzene rings is 2. The summed E-state index contributed by atoms with van der Waals surface area (Å²) in [4.78, 5) is 12.1. The molecule has 2 rings (SSSR count). The molecule has 25 heavy (non-hydrogen) atoms. The monoisotopic (exact) mass is 352 g/mol. The molecule has 0 radical (unpaired) electrons. The van der Waals surface area contributed by atoms with Crippen molar-refractivity contribution in [1.82, 2.24) is 0 Å². The molecule has 1 amide bonds. The Kier molecular flexibility index (Phi) is 6.03. The van der Waals surface area contributed by atoms with Crippen LogP contribution >= 0.6 is 0 Å². The Hall–Kier alpha value is -2.54. The normalized spacial score (nSPS) is 11.2. The Labute approximate surface area is 143 Å². The SMILES string of the molecule is COc1ccccc1CCC(=O)Nc1cc(CN)cc(C(F)(F)F)c1. The maximum absolute atomic E-state index is 12.9. The molecule has 3 N–H and O–H groups in total. The Morgan fingerprint density at radius 3 is 2.56 bits per heavy atom. The molecule has 0 saturated carbocycles. The second-order valence-electron chi connectivity index (χ2n) is 5.48. The van der Waals surface area contributed by atoms with Crippen molar-refractivity contribution in [3.63, 3.8) is 0 Å². The lowest BCUT2D eigenvalue weighted by molar-refractivity contribution is -0.137. The summed E-state index contributed by atoms with van der Waals surface area (Å²) in [6, 6.07) is 10.6. The van der Waals surface area contributed by atoms with Crippen LogP contribution in [-0.4, -0.2) is 13.0 Å². The molecule has 4 nitrogen and oxygen atoms in total. The van der Waals surface area contributed by atoms with Crippen molar-refractivity contribution < 1.29 is 22.7 Å². The molecule has 0 aliphatic carbocycles. The van der Waals surface area contributed by atoms with E-state index in [0.29, 0.717) is 17.7 Å². The summed E-state index contributed by atoms with van der Waals surface area (Å²) in [5.74, 6) is 0.285. The second kappa shape index (κ2) is 8.02. The number of carbonyl (C=O) groups is 1. The van der Waals surface area contributed by atoms with Crippen LogP contribution in [0.25, 0.3) is 0 Å². The van der Waals surface area contributed by atoms with E-state index in [1.807, 2.05) is 18.2 Å². The summed E-state index contributed by atoms with van der Waals surface area (Å²) in [5.41, 5.74) is 5.83. The van der Waals surface area contributed by atoms with E-state index in [4.69, 9.17) is 10.5 Å². The third-order valence-electron chi connectivity index (χ3n) is 3.65. The number of anilines is 1. The first-order valence-corrected chi connectivity index (χ1v) is 7.66. The van der Waals surface area contributed by atoms with Gasteiger partial charge in [0.05, 0.1) is 12.7 Å². The van der Waals surface area contributed by atoms with Crippen molar-refractivity contribution in [3.05, 3.63) is 59.2 Å². The summed E-state index contributed by atoms with van der Waals surface area (Å²) >= 11 is 0. The van der Waals surface area contributed by atoms with E-state index in [-0.39, 0.29) is 24.6 Å². The molecule has 0 heterocycles. The smallest absolute Gasteiger partial charge is 0.416 e. The number of methoxy groups -OCH3 is 1. The van der Waals surface area contributed by atoms with Gasteiger partial charge >= 0.3 is 6.18 Å². The molecule has 134 valence electrons. The molecule has 0 aromatic heterocycles. The zero-order valence-corrected chi connectivity index (χ0v) is 13.7. The minimum atomic E-state index is -4.50. The lowest BCUT2D eigenvalue weighted by atomic mass is 10.1. The highest BCUT2D eigenvalue weighted by molar-refractivity contribution is 5.91. The molecule has 0 bridgehead atoms. The van der Waals surface area contributed by atoms with E-state index in [9.17, 15) is 18.0 Å². The first-order valence-electron chi connectivity index (χ1n) is 7.66. The van der Waals surface area contributed by atoms with Gasteiger partial charge in [0, 0.05) is 18.7 Å². The number of para-hydroxylation sites is 1. The predicted molar refractivity (Wildman–Crippen MR) is 89.3 cm³/mol. The number of hydrogen-bond donors (Lipinski definition) is 2. The third kappa shape index (κ3) is 5.22. The Balaban J connectivity index is 2.07. The zero-order valence-electron chi connectivity index (χ0n) is 13.7. The molecule has 0 spiro atoms. The van der Waals surface area contributed by atoms with Gasteiger partial charge < -0.3 is 15.8 Å². The van der Waals surface area contributed by atoms with Crippen molar-refractivity contribution in [2.75, 3.05) is 12.4 Å². The van der Waals surface area contributed by atoms with Gasteiger partial charge in [0.1, 0.15) is 5.75 Å². The number of ether oxygens (including phenoxy) is 1. The molecule has 0 atom stereocenters. The molecule has 0 fully saturated rings. The number of alkyl halides is 3. The van der Waals surface area contributed by atoms with Crippen LogP contribution < -0.4 is 15.8 Å². The first kappa shape index (κ1) is 18.8. The van der Waals surface area contributed by atoms with E-state index in [1.54, 1.807) is 6.07 Å². The average Bonchev–Trinajstić information content (AvgIpc) is 2.59. The lowest BCUT2D eigenvalue weighted by Gasteiger charge is -2.13. The largest absolute Gasteiger partial charge is 0.496 e. The standard InChI is InChI=1S/C18H19F3N2O2/c1-25-16-5-3-2-4-13(16)6-7-17(24)23-15-9-12(11-22)8-14(10-15)18(19,20)21/h2-5,8-10H,6-7,11,22H2,1H3,(H,23,24). The number of nitrogens with two attached hydrogens (primary N) is 1. The zero-order chi connectivity index (χ0) is 18.4. The van der Waals surface area contributed by atoms with E-state index >= 15 is 0 Å². The fourth-order valence-electron chi connectivity index (χ4n) is 2.43. The summed E-state index contributed by atoms with van der Waals surface area (Å²) in [6.07, 6.45) is -3.96. The summed E-state index contributed by atoms with van der Waals surface area (Å²) in [6.45, 7) is -0.0476. The van der Waals surface area contributed by atoms with Gasteiger partial charge in [-0.25, -0.2) is 0 Å². The number of amides is 1. The maximum atomic E-state index is 12.9. The van der Waals surface area contributed by atoms with Crippen LogP contribution in [0.2, 0.25) is 0 Å². The molecule has 0 aliphatic rings. The van der Waals surface area contributed by atoms with Crippen LogP contribution in [-0.2, 0) is 23.9 Å². The fourth-order valence-corrected chi connectivity index (χ4v) is 2.43. The van der Waals surface area contributed by atoms with Crippen molar-refractivity contribution in [2.45, 2.75) is 25.6 Å². The molecule has 0 unspecified atom stereocenters. The molecule has 2 aromatic rings. The van der Waals surface area contributed by atoms with Crippen LogP contribution in [0.3, 0.4) is 0 Å². The van der Waals surface area contributed by atoms with Crippen LogP contribution in [0.5, 0.6) is 5.75 Å². The highest BCUT2D eigenvalue weighted by Crippen LogP contribution is 2.32. The molecule has 7 heteroatoms. The van der Waals surface area contributed by atoms with Gasteiger partial charge in [-0.15, -0.1) is 0 Å². The van der Waals surface area contributed by atoms with Gasteiger partial charge in [0.25, 0.3) is 0 Å². The molecule has 2 aromatic carbocycles. The second-order valence-corrected chi connectivity index (χ2v) is 5.48. The third-order valence-corrected chi connectivity index (χ3v) is 3.65. The van der Waals surface area contributed by atoms with E-state index < -0.39 is 11.7 Å². The quantitative estimate of drug-likeness (QED) is 0.832. The topological polar surface area (TPSA) is 64.3 Å². The minimum Gasteiger partial charge on any atom is -0.496 e. The molecule has 0 aliphatic heterocycles. The van der Waals surface area contributed by atoms with Crippen LogP contribution in [0.4, 0.5) is 18.9 Å². The summed E-state index contributed by atoms with van der Waals surface area (Å²) < 4.78 is 43.9. The number of carbonyl (C=O) groups excluding carboxylic acids is 1. The lowest BCUT2D eigenvalue weighted by Crippen LogP contribution is -2.15. The van der Waals surface area contributed by atoms with E-state index in [0.717, 1.165) is 17.7 Å². The van der Waals surface area contributed by atoms with Crippen molar-refractivity contribution in [3.8, 4) is 5.75 Å². The van der Waals surface area contributed by atoms with Crippen molar-refractivity contribution >= 4 is 11.6 Å². The number of aryl methyl sites for hydroxylation is 1. The Bertz CT molecular complexity index is 745. The van der Waals surface area contributed by atoms with Gasteiger partial charge in [-0.05, 0) is 41.8 Å². The van der Waals surface area contributed by atoms with Gasteiger partial charge in [-0.2, -0.15) is 13.2 Å².